The maximum atomic E-state index is 13.1. The molecule has 1 spiro atoms. The summed E-state index contributed by atoms with van der Waals surface area (Å²) in [6.45, 7) is 1.55. The van der Waals surface area contributed by atoms with E-state index in [1.807, 2.05) is 18.2 Å². The summed E-state index contributed by atoms with van der Waals surface area (Å²) in [6, 6.07) is 3.70. The number of Topliss-reactive ketones (excluding diaryl/α,β-unsaturated/α-hetero) is 1. The van der Waals surface area contributed by atoms with E-state index in [9.17, 15) is 9.90 Å². The molecule has 1 aromatic rings. The van der Waals surface area contributed by atoms with Crippen LogP contribution in [0.25, 0.3) is 0 Å². The lowest BCUT2D eigenvalue weighted by Gasteiger charge is -2.36. The lowest BCUT2D eigenvalue weighted by atomic mass is 9.78. The van der Waals surface area contributed by atoms with E-state index in [1.54, 1.807) is 7.11 Å². The van der Waals surface area contributed by atoms with E-state index in [1.165, 1.54) is 0 Å². The summed E-state index contributed by atoms with van der Waals surface area (Å²) in [5.41, 5.74) is 1.20. The highest BCUT2D eigenvalue weighted by molar-refractivity contribution is 6.04. The molecule has 6 heteroatoms. The highest BCUT2D eigenvalue weighted by atomic mass is 16.7. The maximum Gasteiger partial charge on any atom is 0.231 e. The zero-order chi connectivity index (χ0) is 16.5. The summed E-state index contributed by atoms with van der Waals surface area (Å²) in [5, 5.41) is 10.8. The van der Waals surface area contributed by atoms with Crippen molar-refractivity contribution in [2.45, 2.75) is 30.4 Å². The van der Waals surface area contributed by atoms with E-state index in [-0.39, 0.29) is 18.5 Å². The lowest BCUT2D eigenvalue weighted by Crippen LogP contribution is -2.46. The number of methoxy groups -OCH3 is 1. The number of β-amino-alcohol motifs (C(OH)–C–C–N with tert-alkyl or cyclic N) is 1. The first kappa shape index (κ1) is 14.3. The minimum atomic E-state index is -0.651. The Bertz CT molecular complexity index is 773. The van der Waals surface area contributed by atoms with Crippen LogP contribution in [0.1, 0.15) is 36.0 Å². The van der Waals surface area contributed by atoms with Gasteiger partial charge in [0.05, 0.1) is 24.7 Å². The van der Waals surface area contributed by atoms with E-state index in [0.717, 1.165) is 30.5 Å². The van der Waals surface area contributed by atoms with Gasteiger partial charge >= 0.3 is 0 Å². The van der Waals surface area contributed by atoms with Crippen LogP contribution >= 0.6 is 0 Å². The van der Waals surface area contributed by atoms with Crippen LogP contribution in [-0.2, 0) is 9.53 Å². The Hall–Kier alpha value is -2.05. The van der Waals surface area contributed by atoms with Gasteiger partial charge in [0.1, 0.15) is 0 Å². The van der Waals surface area contributed by atoms with Crippen LogP contribution in [0.2, 0.25) is 0 Å². The topological polar surface area (TPSA) is 68.2 Å². The number of fused-ring (bicyclic) bond motifs is 3. The Balaban J connectivity index is 1.75. The average Bonchev–Trinajstić information content (AvgIpc) is 3.24. The molecule has 1 N–H and O–H groups in total. The number of aliphatic hydroxyl groups excluding tert-OH is 1. The Morgan fingerprint density at radius 3 is 2.79 bits per heavy atom. The number of ether oxygens (including phenoxy) is 3. The summed E-state index contributed by atoms with van der Waals surface area (Å²) < 4.78 is 16.3. The summed E-state index contributed by atoms with van der Waals surface area (Å²) in [7, 11) is 1.54. The first-order valence-electron chi connectivity index (χ1n) is 8.31. The molecule has 0 saturated carbocycles. The van der Waals surface area contributed by atoms with Crippen LogP contribution < -0.4 is 9.47 Å². The Morgan fingerprint density at radius 1 is 1.29 bits per heavy atom. The fourth-order valence-corrected chi connectivity index (χ4v) is 4.81. The number of benzene rings is 1. The summed E-state index contributed by atoms with van der Waals surface area (Å²) in [4.78, 5) is 15.3. The molecule has 24 heavy (non-hydrogen) atoms. The van der Waals surface area contributed by atoms with Gasteiger partial charge in [-0.3, -0.25) is 9.69 Å². The maximum absolute atomic E-state index is 13.1. The van der Waals surface area contributed by atoms with Gasteiger partial charge in [0.2, 0.25) is 12.6 Å². The largest absolute Gasteiger partial charge is 0.493 e. The normalized spacial score (nSPS) is 33.6. The number of ketones is 1. The summed E-state index contributed by atoms with van der Waals surface area (Å²) >= 11 is 0. The van der Waals surface area contributed by atoms with Gasteiger partial charge in [-0.25, -0.2) is 0 Å². The van der Waals surface area contributed by atoms with Crippen molar-refractivity contribution >= 4 is 5.78 Å². The van der Waals surface area contributed by atoms with Crippen LogP contribution in [0.4, 0.5) is 0 Å². The quantitative estimate of drug-likeness (QED) is 0.842. The molecule has 0 amide bonds. The van der Waals surface area contributed by atoms with E-state index in [0.29, 0.717) is 23.8 Å². The van der Waals surface area contributed by atoms with Crippen LogP contribution in [0.15, 0.2) is 24.0 Å². The average molecular weight is 329 g/mol. The van der Waals surface area contributed by atoms with Crippen molar-refractivity contribution in [2.75, 3.05) is 27.0 Å². The molecular weight excluding hydrogens is 310 g/mol. The van der Waals surface area contributed by atoms with Gasteiger partial charge in [-0.15, -0.1) is 0 Å². The molecule has 1 aliphatic carbocycles. The number of allylic oxidation sites excluding steroid dienone is 1. The first-order chi connectivity index (χ1) is 11.6. The molecular formula is C18H19NO5. The fraction of sp³-hybridized carbons (Fsp3) is 0.500. The third-order valence-electron chi connectivity index (χ3n) is 5.84. The van der Waals surface area contributed by atoms with Gasteiger partial charge in [0, 0.05) is 6.54 Å². The molecule has 126 valence electrons. The van der Waals surface area contributed by atoms with Gasteiger partial charge in [0.15, 0.2) is 17.3 Å². The van der Waals surface area contributed by atoms with Crippen molar-refractivity contribution in [3.05, 3.63) is 35.1 Å². The molecule has 0 aromatic heterocycles. The van der Waals surface area contributed by atoms with Crippen molar-refractivity contribution in [2.24, 2.45) is 0 Å². The molecule has 5 rings (SSSR count). The number of nitrogens with zero attached hydrogens (tertiary/aromatic N) is 1. The van der Waals surface area contributed by atoms with Gasteiger partial charge < -0.3 is 19.3 Å². The van der Waals surface area contributed by atoms with Crippen LogP contribution in [-0.4, -0.2) is 48.3 Å². The van der Waals surface area contributed by atoms with Gasteiger partial charge in [0.25, 0.3) is 0 Å². The minimum Gasteiger partial charge on any atom is -0.493 e. The first-order valence-corrected chi connectivity index (χ1v) is 8.31. The van der Waals surface area contributed by atoms with E-state index in [4.69, 9.17) is 14.2 Å². The standard InChI is InChI=1S/C18H19NO5/c1-22-15-7-18-3-2-4-19(18)8-12(20)10-5-13-14(24-9-23-13)6-11(10)16(18)17(15)21/h5-7,12,16,20H,2-4,8-9H2,1H3/t12-,16+,18-/m0/s1. The molecule has 1 fully saturated rings. The number of hydrogen-bond acceptors (Lipinski definition) is 6. The number of hydrogen-bond donors (Lipinski definition) is 1. The zero-order valence-corrected chi connectivity index (χ0v) is 13.4. The fourth-order valence-electron chi connectivity index (χ4n) is 4.81. The van der Waals surface area contributed by atoms with Crippen LogP contribution in [0.5, 0.6) is 11.5 Å². The molecule has 0 bridgehead atoms. The summed E-state index contributed by atoms with van der Waals surface area (Å²) in [6.07, 6.45) is 3.21. The third-order valence-corrected chi connectivity index (χ3v) is 5.84. The predicted octanol–water partition coefficient (Wildman–Crippen LogP) is 1.49. The third kappa shape index (κ3) is 1.65. The van der Waals surface area contributed by atoms with Crippen LogP contribution in [0, 0.1) is 0 Å². The molecule has 3 atom stereocenters. The van der Waals surface area contributed by atoms with Crippen molar-refractivity contribution < 1.29 is 24.1 Å². The second-order valence-corrected chi connectivity index (χ2v) is 6.90. The second kappa shape index (κ2) is 4.74. The van der Waals surface area contributed by atoms with Gasteiger partial charge in [-0.05, 0) is 48.7 Å². The Kier molecular flexibility index (Phi) is 2.82. The van der Waals surface area contributed by atoms with Crippen molar-refractivity contribution in [3.63, 3.8) is 0 Å². The van der Waals surface area contributed by atoms with Crippen molar-refractivity contribution in [3.8, 4) is 11.5 Å². The highest BCUT2D eigenvalue weighted by Gasteiger charge is 2.57. The lowest BCUT2D eigenvalue weighted by molar-refractivity contribution is -0.120. The van der Waals surface area contributed by atoms with Crippen molar-refractivity contribution in [1.82, 2.24) is 4.90 Å². The molecule has 0 unspecified atom stereocenters. The van der Waals surface area contributed by atoms with E-state index in [2.05, 4.69) is 4.90 Å². The van der Waals surface area contributed by atoms with Crippen LogP contribution in [0.3, 0.4) is 0 Å². The Labute approximate surface area is 139 Å². The molecule has 1 saturated heterocycles. The smallest absolute Gasteiger partial charge is 0.231 e. The Morgan fingerprint density at radius 2 is 2.04 bits per heavy atom. The molecule has 3 aliphatic heterocycles. The molecule has 1 aromatic carbocycles. The molecule has 6 nitrogen and oxygen atoms in total. The van der Waals surface area contributed by atoms with E-state index < -0.39 is 11.6 Å². The second-order valence-electron chi connectivity index (χ2n) is 6.90. The number of aliphatic hydroxyl groups is 1. The van der Waals surface area contributed by atoms with Crippen molar-refractivity contribution in [1.29, 1.82) is 0 Å². The summed E-state index contributed by atoms with van der Waals surface area (Å²) in [5.74, 6) is 1.32. The zero-order valence-electron chi connectivity index (χ0n) is 13.4. The molecule has 4 aliphatic rings. The molecule has 3 heterocycles. The number of rotatable bonds is 1. The van der Waals surface area contributed by atoms with Gasteiger partial charge in [-0.1, -0.05) is 0 Å². The number of carbonyl (C=O) groups is 1. The molecule has 0 radical (unpaired) electrons. The predicted molar refractivity (Wildman–Crippen MR) is 83.9 cm³/mol. The monoisotopic (exact) mass is 329 g/mol. The van der Waals surface area contributed by atoms with E-state index >= 15 is 0 Å². The highest BCUT2D eigenvalue weighted by Crippen LogP contribution is 2.54. The van der Waals surface area contributed by atoms with Gasteiger partial charge in [-0.2, -0.15) is 0 Å². The SMILES string of the molecule is COC1=C[C@]23CCCN2C[C@H](O)c2cc4c(cc2[C@@H]3C1=O)OCO4. The number of carbonyl (C=O) groups excluding carboxylic acids is 1. The minimum absolute atomic E-state index is 0.0152.